The number of nitriles is 1. The van der Waals surface area contributed by atoms with Crippen LogP contribution in [0.3, 0.4) is 0 Å². The van der Waals surface area contributed by atoms with Gasteiger partial charge in [0.1, 0.15) is 24.7 Å². The highest BCUT2D eigenvalue weighted by atomic mass is 32.2. The molecule has 5 atom stereocenters. The maximum absolute atomic E-state index is 13.2. The summed E-state index contributed by atoms with van der Waals surface area (Å²) in [6.45, 7) is 0.663. The number of amides is 4. The van der Waals surface area contributed by atoms with Gasteiger partial charge in [-0.15, -0.1) is 11.8 Å². The quantitative estimate of drug-likeness (QED) is 0.521. The Bertz CT molecular complexity index is 984. The third-order valence-corrected chi connectivity index (χ3v) is 7.67. The van der Waals surface area contributed by atoms with Crippen molar-refractivity contribution in [2.45, 2.75) is 55.8 Å². The Morgan fingerprint density at radius 1 is 1.24 bits per heavy atom. The number of carbonyl (C=O) groups excluding carboxylic acids is 4. The van der Waals surface area contributed by atoms with Crippen LogP contribution in [0.5, 0.6) is 0 Å². The Labute approximate surface area is 201 Å². The number of thioether (sulfide) groups is 1. The Morgan fingerprint density at radius 3 is 2.74 bits per heavy atom. The van der Waals surface area contributed by atoms with Crippen molar-refractivity contribution in [2.24, 2.45) is 5.92 Å². The zero-order valence-electron chi connectivity index (χ0n) is 18.6. The van der Waals surface area contributed by atoms with Gasteiger partial charge in [0.25, 0.3) is 0 Å². The van der Waals surface area contributed by atoms with Crippen LogP contribution in [-0.2, 0) is 25.7 Å². The molecule has 5 unspecified atom stereocenters. The first kappa shape index (κ1) is 23.9. The fraction of sp³-hybridized carbons (Fsp3) is 0.522. The van der Waals surface area contributed by atoms with Gasteiger partial charge in [0.05, 0.1) is 11.4 Å². The molecule has 0 aliphatic carbocycles. The highest BCUT2D eigenvalue weighted by Gasteiger charge is 2.47. The monoisotopic (exact) mass is 485 g/mol. The molecule has 11 heteroatoms. The van der Waals surface area contributed by atoms with Crippen LogP contribution < -0.4 is 16.0 Å². The SMILES string of the molecule is N#CC(CC1CCNC1=O)NC(=O)C1CSC2CCC(NC(=O)OCc3ccccc3)C(=O)N21. The maximum Gasteiger partial charge on any atom is 0.408 e. The van der Waals surface area contributed by atoms with Crippen molar-refractivity contribution >= 4 is 35.6 Å². The lowest BCUT2D eigenvalue weighted by atomic mass is 9.98. The van der Waals surface area contributed by atoms with E-state index in [0.29, 0.717) is 31.6 Å². The molecule has 3 saturated heterocycles. The Hall–Kier alpha value is -3.26. The summed E-state index contributed by atoms with van der Waals surface area (Å²) in [6.07, 6.45) is 1.27. The Kier molecular flexibility index (Phi) is 7.57. The molecule has 1 aromatic rings. The summed E-state index contributed by atoms with van der Waals surface area (Å²) in [6, 6.07) is 8.96. The van der Waals surface area contributed by atoms with E-state index in [0.717, 1.165) is 5.56 Å². The molecule has 1 aromatic carbocycles. The largest absolute Gasteiger partial charge is 0.445 e. The summed E-state index contributed by atoms with van der Waals surface area (Å²) in [5.74, 6) is -0.745. The van der Waals surface area contributed by atoms with Gasteiger partial charge in [-0.2, -0.15) is 5.26 Å². The van der Waals surface area contributed by atoms with E-state index >= 15 is 0 Å². The maximum atomic E-state index is 13.2. The highest BCUT2D eigenvalue weighted by Crippen LogP contribution is 2.36. The summed E-state index contributed by atoms with van der Waals surface area (Å²) in [7, 11) is 0. The molecule has 0 saturated carbocycles. The lowest BCUT2D eigenvalue weighted by Gasteiger charge is -2.36. The standard InChI is InChI=1S/C23H27N5O5S/c24-11-16(10-15-8-9-25-20(15)29)26-21(30)18-13-34-19-7-6-17(22(31)28(18)19)27-23(32)33-12-14-4-2-1-3-5-14/h1-5,15-19H,6-10,12-13H2,(H,25,29)(H,26,30)(H,27,32). The van der Waals surface area contributed by atoms with E-state index in [-0.39, 0.29) is 36.1 Å². The van der Waals surface area contributed by atoms with Crippen LogP contribution in [0.4, 0.5) is 4.79 Å². The molecule has 3 N–H and O–H groups in total. The average molecular weight is 486 g/mol. The van der Waals surface area contributed by atoms with E-state index in [2.05, 4.69) is 22.0 Å². The number of piperidine rings is 1. The number of hydrogen-bond donors (Lipinski definition) is 3. The number of nitrogens with one attached hydrogen (secondary N) is 3. The second-order valence-electron chi connectivity index (χ2n) is 8.59. The molecule has 0 aromatic heterocycles. The first-order valence-corrected chi connectivity index (χ1v) is 12.4. The molecule has 0 bridgehead atoms. The van der Waals surface area contributed by atoms with Crippen LogP contribution in [-0.4, -0.2) is 64.5 Å². The fourth-order valence-electron chi connectivity index (χ4n) is 4.50. The van der Waals surface area contributed by atoms with Gasteiger partial charge in [0.2, 0.25) is 17.7 Å². The predicted octanol–water partition coefficient (Wildman–Crippen LogP) is 0.880. The van der Waals surface area contributed by atoms with E-state index in [4.69, 9.17) is 4.74 Å². The number of alkyl carbamates (subject to hydrolysis) is 1. The Balaban J connectivity index is 1.32. The number of rotatable bonds is 7. The number of ether oxygens (including phenoxy) is 1. The molecule has 180 valence electrons. The van der Waals surface area contributed by atoms with Gasteiger partial charge in [-0.25, -0.2) is 4.79 Å². The highest BCUT2D eigenvalue weighted by molar-refractivity contribution is 8.00. The minimum atomic E-state index is -0.813. The first-order chi connectivity index (χ1) is 16.5. The summed E-state index contributed by atoms with van der Waals surface area (Å²) in [5.41, 5.74) is 0.836. The molecule has 10 nitrogen and oxygen atoms in total. The van der Waals surface area contributed by atoms with E-state index in [9.17, 15) is 24.4 Å². The van der Waals surface area contributed by atoms with Crippen LogP contribution in [0.15, 0.2) is 30.3 Å². The molecular weight excluding hydrogens is 458 g/mol. The minimum Gasteiger partial charge on any atom is -0.445 e. The smallest absolute Gasteiger partial charge is 0.408 e. The van der Waals surface area contributed by atoms with Gasteiger partial charge < -0.3 is 25.6 Å². The van der Waals surface area contributed by atoms with Crippen LogP contribution in [0.1, 0.15) is 31.2 Å². The second kappa shape index (κ2) is 10.8. The molecule has 3 aliphatic rings. The molecule has 3 aliphatic heterocycles. The van der Waals surface area contributed by atoms with E-state index < -0.39 is 30.1 Å². The molecule has 0 radical (unpaired) electrons. The fourth-order valence-corrected chi connectivity index (χ4v) is 5.93. The van der Waals surface area contributed by atoms with Crippen LogP contribution >= 0.6 is 11.8 Å². The number of carbonyl (C=O) groups is 4. The van der Waals surface area contributed by atoms with Gasteiger partial charge in [-0.05, 0) is 31.2 Å². The summed E-state index contributed by atoms with van der Waals surface area (Å²) < 4.78 is 5.23. The molecule has 4 rings (SSSR count). The van der Waals surface area contributed by atoms with Gasteiger partial charge in [-0.3, -0.25) is 14.4 Å². The number of hydrogen-bond acceptors (Lipinski definition) is 7. The predicted molar refractivity (Wildman–Crippen MR) is 123 cm³/mol. The molecule has 4 amide bonds. The topological polar surface area (TPSA) is 141 Å². The normalized spacial score (nSPS) is 26.7. The van der Waals surface area contributed by atoms with Crippen LogP contribution in [0.25, 0.3) is 0 Å². The van der Waals surface area contributed by atoms with Crippen molar-refractivity contribution in [3.8, 4) is 6.07 Å². The zero-order valence-corrected chi connectivity index (χ0v) is 19.4. The molecule has 3 fully saturated rings. The van der Waals surface area contributed by atoms with Crippen molar-refractivity contribution in [1.82, 2.24) is 20.9 Å². The van der Waals surface area contributed by atoms with Crippen molar-refractivity contribution < 1.29 is 23.9 Å². The van der Waals surface area contributed by atoms with Gasteiger partial charge in [0.15, 0.2) is 0 Å². The van der Waals surface area contributed by atoms with Crippen LogP contribution in [0, 0.1) is 17.2 Å². The number of nitrogens with zero attached hydrogens (tertiary/aromatic N) is 2. The third-order valence-electron chi connectivity index (χ3n) is 6.31. The van der Waals surface area contributed by atoms with Crippen molar-refractivity contribution in [3.05, 3.63) is 35.9 Å². The lowest BCUT2D eigenvalue weighted by Crippen LogP contribution is -2.59. The molecule has 34 heavy (non-hydrogen) atoms. The number of benzene rings is 1. The summed E-state index contributed by atoms with van der Waals surface area (Å²) >= 11 is 1.52. The summed E-state index contributed by atoms with van der Waals surface area (Å²) in [5, 5.41) is 17.4. The first-order valence-electron chi connectivity index (χ1n) is 11.3. The summed E-state index contributed by atoms with van der Waals surface area (Å²) in [4.78, 5) is 51.7. The van der Waals surface area contributed by atoms with E-state index in [1.165, 1.54) is 16.7 Å². The van der Waals surface area contributed by atoms with Crippen molar-refractivity contribution in [1.29, 1.82) is 5.26 Å². The van der Waals surface area contributed by atoms with Gasteiger partial charge in [0, 0.05) is 18.2 Å². The van der Waals surface area contributed by atoms with E-state index in [1.807, 2.05) is 30.3 Å². The molecular formula is C23H27N5O5S. The number of fused-ring (bicyclic) bond motifs is 1. The Morgan fingerprint density at radius 2 is 2.03 bits per heavy atom. The van der Waals surface area contributed by atoms with Crippen molar-refractivity contribution in [2.75, 3.05) is 12.3 Å². The average Bonchev–Trinajstić information content (AvgIpc) is 3.46. The van der Waals surface area contributed by atoms with Gasteiger partial charge in [-0.1, -0.05) is 30.3 Å². The second-order valence-corrected chi connectivity index (χ2v) is 9.80. The molecule has 0 spiro atoms. The zero-order chi connectivity index (χ0) is 24.1. The lowest BCUT2D eigenvalue weighted by molar-refractivity contribution is -0.143. The van der Waals surface area contributed by atoms with Gasteiger partial charge >= 0.3 is 6.09 Å². The third kappa shape index (κ3) is 5.44. The van der Waals surface area contributed by atoms with Crippen molar-refractivity contribution in [3.63, 3.8) is 0 Å². The minimum absolute atomic E-state index is 0.0926. The van der Waals surface area contributed by atoms with E-state index in [1.54, 1.807) is 0 Å². The molecule has 3 heterocycles. The van der Waals surface area contributed by atoms with Crippen LogP contribution in [0.2, 0.25) is 0 Å².